The van der Waals surface area contributed by atoms with Crippen LogP contribution < -0.4 is 5.32 Å². The molecular formula is C15H24F3NO3. The van der Waals surface area contributed by atoms with Crippen molar-refractivity contribution in [3.63, 3.8) is 0 Å². The molecule has 1 fully saturated rings. The van der Waals surface area contributed by atoms with Crippen LogP contribution in [0.4, 0.5) is 13.2 Å². The van der Waals surface area contributed by atoms with E-state index in [1.807, 2.05) is 13.8 Å². The fraction of sp³-hybridized carbons (Fsp3) is 0.867. The highest BCUT2D eigenvalue weighted by Gasteiger charge is 2.48. The van der Waals surface area contributed by atoms with Crippen LogP contribution in [0.2, 0.25) is 0 Å². The topological polar surface area (TPSA) is 66.4 Å². The van der Waals surface area contributed by atoms with E-state index in [4.69, 9.17) is 5.11 Å². The first-order valence-electron chi connectivity index (χ1n) is 7.70. The Labute approximate surface area is 128 Å². The van der Waals surface area contributed by atoms with Gasteiger partial charge in [0.15, 0.2) is 0 Å². The summed E-state index contributed by atoms with van der Waals surface area (Å²) >= 11 is 0. The number of alkyl halides is 3. The number of carboxylic acid groups (broad SMARTS) is 1. The van der Waals surface area contributed by atoms with Crippen LogP contribution in [-0.4, -0.2) is 29.7 Å². The highest BCUT2D eigenvalue weighted by molar-refractivity contribution is 5.80. The SMILES string of the molecule is CC(C)CC(CNC(=O)C1CCCCC1C(F)(F)F)C(=O)O. The second-order valence-electron chi connectivity index (χ2n) is 6.45. The Hall–Kier alpha value is -1.27. The molecule has 0 bridgehead atoms. The normalized spacial score (nSPS) is 24.1. The molecule has 4 nitrogen and oxygen atoms in total. The number of carbonyl (C=O) groups excluding carboxylic acids is 1. The molecule has 1 amide bonds. The summed E-state index contributed by atoms with van der Waals surface area (Å²) < 4.78 is 38.9. The minimum absolute atomic E-state index is 0.0318. The molecule has 3 unspecified atom stereocenters. The van der Waals surface area contributed by atoms with Crippen LogP contribution in [-0.2, 0) is 9.59 Å². The quantitative estimate of drug-likeness (QED) is 0.789. The largest absolute Gasteiger partial charge is 0.481 e. The van der Waals surface area contributed by atoms with Gasteiger partial charge >= 0.3 is 12.1 Å². The Morgan fingerprint density at radius 2 is 1.82 bits per heavy atom. The second-order valence-corrected chi connectivity index (χ2v) is 6.45. The average Bonchev–Trinajstić information content (AvgIpc) is 2.41. The van der Waals surface area contributed by atoms with Crippen molar-refractivity contribution in [3.8, 4) is 0 Å². The van der Waals surface area contributed by atoms with Gasteiger partial charge < -0.3 is 10.4 Å². The third-order valence-corrected chi connectivity index (χ3v) is 4.15. The Morgan fingerprint density at radius 1 is 1.23 bits per heavy atom. The molecule has 0 aromatic rings. The Kier molecular flexibility index (Phi) is 6.68. The number of halogens is 3. The van der Waals surface area contributed by atoms with Crippen molar-refractivity contribution in [2.45, 2.75) is 52.1 Å². The van der Waals surface area contributed by atoms with Gasteiger partial charge in [-0.2, -0.15) is 13.2 Å². The smallest absolute Gasteiger partial charge is 0.392 e. The fourth-order valence-electron chi connectivity index (χ4n) is 3.03. The van der Waals surface area contributed by atoms with Crippen molar-refractivity contribution in [2.75, 3.05) is 6.54 Å². The number of hydrogen-bond acceptors (Lipinski definition) is 2. The summed E-state index contributed by atoms with van der Waals surface area (Å²) in [4.78, 5) is 23.2. The van der Waals surface area contributed by atoms with Crippen molar-refractivity contribution in [2.24, 2.45) is 23.7 Å². The highest BCUT2D eigenvalue weighted by atomic mass is 19.4. The molecule has 128 valence electrons. The van der Waals surface area contributed by atoms with Crippen LogP contribution in [0, 0.1) is 23.7 Å². The van der Waals surface area contributed by atoms with Crippen LogP contribution in [0.3, 0.4) is 0 Å². The molecule has 0 aromatic carbocycles. The molecule has 0 aliphatic heterocycles. The molecule has 1 aliphatic rings. The van der Waals surface area contributed by atoms with E-state index in [1.165, 1.54) is 0 Å². The van der Waals surface area contributed by atoms with Crippen molar-refractivity contribution < 1.29 is 27.9 Å². The predicted octanol–water partition coefficient (Wildman–Crippen LogP) is 3.22. The van der Waals surface area contributed by atoms with E-state index in [0.29, 0.717) is 19.3 Å². The van der Waals surface area contributed by atoms with Crippen LogP contribution in [0.25, 0.3) is 0 Å². The van der Waals surface area contributed by atoms with Gasteiger partial charge in [0.05, 0.1) is 11.8 Å². The summed E-state index contributed by atoms with van der Waals surface area (Å²) in [6.07, 6.45) is -2.76. The van der Waals surface area contributed by atoms with Gasteiger partial charge in [0.2, 0.25) is 5.91 Å². The van der Waals surface area contributed by atoms with Crippen LogP contribution >= 0.6 is 0 Å². The number of carbonyl (C=O) groups is 2. The van der Waals surface area contributed by atoms with Crippen molar-refractivity contribution >= 4 is 11.9 Å². The highest BCUT2D eigenvalue weighted by Crippen LogP contribution is 2.41. The lowest BCUT2D eigenvalue weighted by atomic mass is 9.78. The third kappa shape index (κ3) is 5.50. The number of rotatable bonds is 6. The maximum Gasteiger partial charge on any atom is 0.392 e. The Balaban J connectivity index is 2.64. The summed E-state index contributed by atoms with van der Waals surface area (Å²) in [7, 11) is 0. The molecule has 22 heavy (non-hydrogen) atoms. The zero-order valence-corrected chi connectivity index (χ0v) is 12.9. The number of amides is 1. The first-order valence-corrected chi connectivity index (χ1v) is 7.70. The van der Waals surface area contributed by atoms with E-state index in [9.17, 15) is 22.8 Å². The number of hydrogen-bond donors (Lipinski definition) is 2. The lowest BCUT2D eigenvalue weighted by Gasteiger charge is -2.32. The molecule has 2 N–H and O–H groups in total. The first-order chi connectivity index (χ1) is 10.1. The minimum Gasteiger partial charge on any atom is -0.481 e. The van der Waals surface area contributed by atoms with Gasteiger partial charge in [-0.25, -0.2) is 0 Å². The lowest BCUT2D eigenvalue weighted by Crippen LogP contribution is -2.44. The van der Waals surface area contributed by atoms with Gasteiger partial charge in [0, 0.05) is 12.5 Å². The fourth-order valence-corrected chi connectivity index (χ4v) is 3.03. The van der Waals surface area contributed by atoms with E-state index >= 15 is 0 Å². The number of aliphatic carboxylic acids is 1. The van der Waals surface area contributed by atoms with Gasteiger partial charge in [0.1, 0.15) is 0 Å². The average molecular weight is 323 g/mol. The molecule has 1 saturated carbocycles. The van der Waals surface area contributed by atoms with Gasteiger partial charge in [-0.1, -0.05) is 26.7 Å². The molecule has 0 aromatic heterocycles. The number of carboxylic acids is 1. The molecule has 0 heterocycles. The van der Waals surface area contributed by atoms with Gasteiger partial charge in [0.25, 0.3) is 0 Å². The summed E-state index contributed by atoms with van der Waals surface area (Å²) in [5.74, 6) is -5.05. The van der Waals surface area contributed by atoms with Crippen LogP contribution in [0.5, 0.6) is 0 Å². The zero-order chi connectivity index (χ0) is 16.9. The molecule has 3 atom stereocenters. The molecular weight excluding hydrogens is 299 g/mol. The van der Waals surface area contributed by atoms with Gasteiger partial charge in [-0.3, -0.25) is 9.59 Å². The summed E-state index contributed by atoms with van der Waals surface area (Å²) in [6.45, 7) is 3.60. The molecule has 0 saturated heterocycles. The minimum atomic E-state index is -4.38. The van der Waals surface area contributed by atoms with Gasteiger partial charge in [-0.15, -0.1) is 0 Å². The Bertz CT molecular complexity index is 396. The molecule has 0 spiro atoms. The summed E-state index contributed by atoms with van der Waals surface area (Å²) in [5.41, 5.74) is 0. The number of nitrogens with one attached hydrogen (secondary N) is 1. The standard InChI is InChI=1S/C15H24F3NO3/c1-9(2)7-10(14(21)22)8-19-13(20)11-5-3-4-6-12(11)15(16,17)18/h9-12H,3-8H2,1-2H3,(H,19,20)(H,21,22). The van der Waals surface area contributed by atoms with Gasteiger partial charge in [-0.05, 0) is 25.2 Å². The van der Waals surface area contributed by atoms with E-state index in [0.717, 1.165) is 0 Å². The van der Waals surface area contributed by atoms with Crippen molar-refractivity contribution in [3.05, 3.63) is 0 Å². The van der Waals surface area contributed by atoms with Crippen LogP contribution in [0.1, 0.15) is 46.0 Å². The first kappa shape index (κ1) is 18.8. The predicted molar refractivity (Wildman–Crippen MR) is 75.1 cm³/mol. The Morgan fingerprint density at radius 3 is 2.32 bits per heavy atom. The van der Waals surface area contributed by atoms with E-state index < -0.39 is 35.8 Å². The third-order valence-electron chi connectivity index (χ3n) is 4.15. The van der Waals surface area contributed by atoms with Crippen molar-refractivity contribution in [1.82, 2.24) is 5.32 Å². The van der Waals surface area contributed by atoms with Crippen molar-refractivity contribution in [1.29, 1.82) is 0 Å². The lowest BCUT2D eigenvalue weighted by molar-refractivity contribution is -0.198. The molecule has 1 rings (SSSR count). The molecule has 1 aliphatic carbocycles. The summed E-state index contributed by atoms with van der Waals surface area (Å²) in [5, 5.41) is 11.5. The molecule has 0 radical (unpaired) electrons. The monoisotopic (exact) mass is 323 g/mol. The van der Waals surface area contributed by atoms with E-state index in [2.05, 4.69) is 5.32 Å². The maximum atomic E-state index is 13.0. The molecule has 7 heteroatoms. The second kappa shape index (κ2) is 7.83. The maximum absolute atomic E-state index is 13.0. The summed E-state index contributed by atoms with van der Waals surface area (Å²) in [6, 6.07) is 0. The van der Waals surface area contributed by atoms with Crippen LogP contribution in [0.15, 0.2) is 0 Å². The van der Waals surface area contributed by atoms with E-state index in [-0.39, 0.29) is 25.3 Å². The van der Waals surface area contributed by atoms with E-state index in [1.54, 1.807) is 0 Å². The zero-order valence-electron chi connectivity index (χ0n) is 12.9.